The van der Waals surface area contributed by atoms with Gasteiger partial charge in [-0.2, -0.15) is 0 Å². The smallest absolute Gasteiger partial charge is 0.0690 e. The molecule has 0 aromatic rings. The van der Waals surface area contributed by atoms with Crippen molar-refractivity contribution in [3.05, 3.63) is 0 Å². The summed E-state index contributed by atoms with van der Waals surface area (Å²) >= 11 is 3.35. The minimum Gasteiger partial charge on any atom is -0.380 e. The molecule has 50 valence electrons. The Morgan fingerprint density at radius 3 is 2.00 bits per heavy atom. The van der Waals surface area contributed by atoms with Gasteiger partial charge in [-0.05, 0) is 5.92 Å². The molecule has 1 nitrogen and oxygen atoms in total. The van der Waals surface area contributed by atoms with Gasteiger partial charge in [-0.3, -0.25) is 0 Å². The van der Waals surface area contributed by atoms with Gasteiger partial charge in [0, 0.05) is 12.4 Å². The molecule has 0 heterocycles. The molecule has 0 aromatic carbocycles. The minimum absolute atomic E-state index is 0.370. The van der Waals surface area contributed by atoms with E-state index in [0.717, 1.165) is 5.33 Å². The zero-order chi connectivity index (χ0) is 6.57. The van der Waals surface area contributed by atoms with Gasteiger partial charge in [0.1, 0.15) is 0 Å². The first-order valence-electron chi connectivity index (χ1n) is 2.81. The molecule has 0 N–H and O–H groups in total. The van der Waals surface area contributed by atoms with Gasteiger partial charge in [0.25, 0.3) is 0 Å². The summed E-state index contributed by atoms with van der Waals surface area (Å²) in [5.41, 5.74) is 0. The lowest BCUT2D eigenvalue weighted by molar-refractivity contribution is 0.0852. The van der Waals surface area contributed by atoms with Crippen molar-refractivity contribution >= 4 is 15.9 Å². The molecule has 2 heteroatoms. The van der Waals surface area contributed by atoms with Crippen molar-refractivity contribution in [2.45, 2.75) is 20.0 Å². The lowest BCUT2D eigenvalue weighted by atomic mass is 10.1. The van der Waals surface area contributed by atoms with Crippen LogP contribution in [0.3, 0.4) is 0 Å². The highest BCUT2D eigenvalue weighted by atomic mass is 79.9. The highest BCUT2D eigenvalue weighted by molar-refractivity contribution is 9.09. The van der Waals surface area contributed by atoms with Gasteiger partial charge in [0.05, 0.1) is 6.10 Å². The second-order valence-corrected chi connectivity index (χ2v) is 2.82. The van der Waals surface area contributed by atoms with E-state index in [1.54, 1.807) is 7.11 Å². The summed E-state index contributed by atoms with van der Waals surface area (Å²) in [5.74, 6) is 0.611. The second-order valence-electron chi connectivity index (χ2n) is 2.17. The van der Waals surface area contributed by atoms with E-state index >= 15 is 0 Å². The summed E-state index contributed by atoms with van der Waals surface area (Å²) in [6, 6.07) is 0. The Kier molecular flexibility index (Phi) is 4.57. The number of methoxy groups -OCH3 is 1. The first kappa shape index (κ1) is 8.44. The molecule has 0 aliphatic rings. The van der Waals surface area contributed by atoms with Crippen LogP contribution in [0, 0.1) is 5.92 Å². The molecule has 1 atom stereocenters. The van der Waals surface area contributed by atoms with Gasteiger partial charge < -0.3 is 4.74 Å². The summed E-state index contributed by atoms with van der Waals surface area (Å²) in [4.78, 5) is 0. The fourth-order valence-electron chi connectivity index (χ4n) is 0.513. The predicted molar refractivity (Wildman–Crippen MR) is 39.4 cm³/mol. The summed E-state index contributed by atoms with van der Waals surface area (Å²) in [6.45, 7) is 4.30. The van der Waals surface area contributed by atoms with Crippen LogP contribution in [-0.4, -0.2) is 18.5 Å². The lowest BCUT2D eigenvalue weighted by Crippen LogP contribution is -2.18. The molecule has 0 aliphatic carbocycles. The van der Waals surface area contributed by atoms with Crippen LogP contribution >= 0.6 is 15.9 Å². The minimum atomic E-state index is 0.370. The zero-order valence-corrected chi connectivity index (χ0v) is 7.23. The molecule has 0 amide bonds. The molecule has 0 rings (SSSR count). The van der Waals surface area contributed by atoms with Gasteiger partial charge >= 0.3 is 0 Å². The monoisotopic (exact) mass is 180 g/mol. The van der Waals surface area contributed by atoms with Gasteiger partial charge in [0.2, 0.25) is 0 Å². The van der Waals surface area contributed by atoms with Crippen LogP contribution in [0.15, 0.2) is 0 Å². The molecular weight excluding hydrogens is 168 g/mol. The standard InChI is InChI=1S/C6H13BrO/c1-5(2)6(4-7)8-3/h5-6H,4H2,1-3H3/t6-/m1/s1. The van der Waals surface area contributed by atoms with Crippen LogP contribution in [0.4, 0.5) is 0 Å². The van der Waals surface area contributed by atoms with Crippen LogP contribution < -0.4 is 0 Å². The largest absolute Gasteiger partial charge is 0.380 e. The van der Waals surface area contributed by atoms with Crippen LogP contribution in [-0.2, 0) is 4.74 Å². The van der Waals surface area contributed by atoms with Gasteiger partial charge in [-0.25, -0.2) is 0 Å². The zero-order valence-electron chi connectivity index (χ0n) is 5.65. The van der Waals surface area contributed by atoms with E-state index < -0.39 is 0 Å². The molecule has 0 spiro atoms. The Hall–Kier alpha value is 0.440. The average Bonchev–Trinajstić information content (AvgIpc) is 1.69. The lowest BCUT2D eigenvalue weighted by Gasteiger charge is -2.14. The molecule has 0 bridgehead atoms. The van der Waals surface area contributed by atoms with E-state index in [1.807, 2.05) is 0 Å². The highest BCUT2D eigenvalue weighted by Gasteiger charge is 2.08. The van der Waals surface area contributed by atoms with Crippen LogP contribution in [0.2, 0.25) is 0 Å². The maximum Gasteiger partial charge on any atom is 0.0690 e. The van der Waals surface area contributed by atoms with E-state index in [4.69, 9.17) is 4.74 Å². The topological polar surface area (TPSA) is 9.23 Å². The van der Waals surface area contributed by atoms with E-state index in [2.05, 4.69) is 29.8 Å². The number of rotatable bonds is 3. The van der Waals surface area contributed by atoms with Crippen molar-refractivity contribution in [2.24, 2.45) is 5.92 Å². The van der Waals surface area contributed by atoms with Gasteiger partial charge in [-0.15, -0.1) is 0 Å². The number of hydrogen-bond donors (Lipinski definition) is 0. The third-order valence-corrected chi connectivity index (χ3v) is 1.84. The number of ether oxygens (including phenoxy) is 1. The fourth-order valence-corrected chi connectivity index (χ4v) is 1.53. The van der Waals surface area contributed by atoms with Crippen molar-refractivity contribution in [3.8, 4) is 0 Å². The fraction of sp³-hybridized carbons (Fsp3) is 1.00. The summed E-state index contributed by atoms with van der Waals surface area (Å²) in [7, 11) is 1.74. The van der Waals surface area contributed by atoms with Crippen LogP contribution in [0.1, 0.15) is 13.8 Å². The highest BCUT2D eigenvalue weighted by Crippen LogP contribution is 2.07. The molecule has 8 heavy (non-hydrogen) atoms. The van der Waals surface area contributed by atoms with Gasteiger partial charge in [-0.1, -0.05) is 29.8 Å². The van der Waals surface area contributed by atoms with E-state index in [1.165, 1.54) is 0 Å². The first-order chi connectivity index (χ1) is 3.72. The third-order valence-electron chi connectivity index (χ3n) is 1.20. The predicted octanol–water partition coefficient (Wildman–Crippen LogP) is 2.05. The Balaban J connectivity index is 3.35. The Morgan fingerprint density at radius 2 is 2.00 bits per heavy atom. The van der Waals surface area contributed by atoms with Gasteiger partial charge in [0.15, 0.2) is 0 Å². The van der Waals surface area contributed by atoms with Crippen molar-refractivity contribution in [2.75, 3.05) is 12.4 Å². The third kappa shape index (κ3) is 2.68. The van der Waals surface area contributed by atoms with E-state index in [9.17, 15) is 0 Å². The molecule has 0 saturated carbocycles. The molecule has 0 aromatic heterocycles. The molecule has 0 aliphatic heterocycles. The normalized spacial score (nSPS) is 14.6. The molecule has 0 saturated heterocycles. The molecular formula is C6H13BrO. The summed E-state index contributed by atoms with van der Waals surface area (Å²) < 4.78 is 5.11. The van der Waals surface area contributed by atoms with Crippen molar-refractivity contribution in [1.82, 2.24) is 0 Å². The Bertz CT molecular complexity index is 50.5. The van der Waals surface area contributed by atoms with Crippen LogP contribution in [0.25, 0.3) is 0 Å². The van der Waals surface area contributed by atoms with E-state index in [0.29, 0.717) is 12.0 Å². The Labute approximate surface area is 59.5 Å². The SMILES string of the molecule is CO[C@H](CBr)C(C)C. The maximum absolute atomic E-state index is 5.11. The van der Waals surface area contributed by atoms with Crippen LogP contribution in [0.5, 0.6) is 0 Å². The molecule has 0 radical (unpaired) electrons. The number of halogens is 1. The quantitative estimate of drug-likeness (QED) is 0.605. The summed E-state index contributed by atoms with van der Waals surface area (Å²) in [6.07, 6.45) is 0.370. The molecule has 0 fully saturated rings. The summed E-state index contributed by atoms with van der Waals surface area (Å²) in [5, 5.41) is 0.932. The average molecular weight is 181 g/mol. The second kappa shape index (κ2) is 4.33. The van der Waals surface area contributed by atoms with Crippen molar-refractivity contribution in [1.29, 1.82) is 0 Å². The number of alkyl halides is 1. The van der Waals surface area contributed by atoms with Crippen molar-refractivity contribution < 1.29 is 4.74 Å². The first-order valence-corrected chi connectivity index (χ1v) is 3.93. The Morgan fingerprint density at radius 1 is 1.50 bits per heavy atom. The number of hydrogen-bond acceptors (Lipinski definition) is 1. The van der Waals surface area contributed by atoms with Crippen molar-refractivity contribution in [3.63, 3.8) is 0 Å². The maximum atomic E-state index is 5.11. The molecule has 0 unspecified atom stereocenters. The van der Waals surface area contributed by atoms with E-state index in [-0.39, 0.29) is 0 Å².